The van der Waals surface area contributed by atoms with Gasteiger partial charge in [0, 0.05) is 33.5 Å². The molecule has 4 aromatic rings. The van der Waals surface area contributed by atoms with Crippen LogP contribution in [0.25, 0.3) is 21.9 Å². The molecule has 142 valence electrons. The molecule has 0 aliphatic heterocycles. The van der Waals surface area contributed by atoms with Crippen LogP contribution in [0.15, 0.2) is 72.8 Å². The third-order valence-corrected chi connectivity index (χ3v) is 4.78. The Balaban J connectivity index is 0.000000167. The molecular weight excluding hydrogens is 344 g/mol. The van der Waals surface area contributed by atoms with Gasteiger partial charge in [-0.25, -0.2) is 0 Å². The van der Waals surface area contributed by atoms with Gasteiger partial charge in [0.05, 0.1) is 0 Å². The lowest BCUT2D eigenvalue weighted by atomic mass is 9.96. The molecule has 4 rings (SSSR count). The summed E-state index contributed by atoms with van der Waals surface area (Å²) in [5.41, 5.74) is 31.0. The van der Waals surface area contributed by atoms with Crippen LogP contribution < -0.4 is 22.9 Å². The van der Waals surface area contributed by atoms with Crippen LogP contribution in [0.1, 0.15) is 11.1 Å². The largest absolute Gasteiger partial charge is 0.399 e. The molecule has 28 heavy (non-hydrogen) atoms. The van der Waals surface area contributed by atoms with Crippen LogP contribution in [-0.4, -0.2) is 0 Å². The molecule has 0 amide bonds. The van der Waals surface area contributed by atoms with Crippen molar-refractivity contribution >= 4 is 33.5 Å². The average Bonchev–Trinajstić information content (AvgIpc) is 2.64. The molecule has 0 unspecified atom stereocenters. The van der Waals surface area contributed by atoms with E-state index in [1.54, 1.807) is 0 Å². The molecule has 0 bridgehead atoms. The molecule has 0 saturated carbocycles. The number of rotatable bonds is 1. The Morgan fingerprint density at radius 2 is 0.893 bits per heavy atom. The summed E-state index contributed by atoms with van der Waals surface area (Å²) in [6, 6.07) is 23.5. The number of benzene rings is 4. The molecule has 0 aromatic heterocycles. The Labute approximate surface area is 165 Å². The number of aryl methyl sites for hydroxylation is 2. The maximum Gasteiger partial charge on any atom is 0.0394 e. The zero-order chi connectivity index (χ0) is 20.3. The van der Waals surface area contributed by atoms with Gasteiger partial charge in [-0.05, 0) is 72.5 Å². The lowest BCUT2D eigenvalue weighted by Gasteiger charge is -2.10. The Morgan fingerprint density at radius 3 is 1.25 bits per heavy atom. The normalized spacial score (nSPS) is 10.4. The number of hydrogen-bond acceptors (Lipinski definition) is 4. The van der Waals surface area contributed by atoms with Crippen LogP contribution in [0, 0.1) is 13.8 Å². The fraction of sp³-hybridized carbons (Fsp3) is 0.0833. The topological polar surface area (TPSA) is 104 Å². The highest BCUT2D eigenvalue weighted by atomic mass is 14.6. The second-order valence-corrected chi connectivity index (χ2v) is 6.94. The molecule has 0 radical (unpaired) electrons. The van der Waals surface area contributed by atoms with Gasteiger partial charge in [-0.1, -0.05) is 36.4 Å². The van der Waals surface area contributed by atoms with Gasteiger partial charge in [-0.2, -0.15) is 0 Å². The molecule has 0 fully saturated rings. The second kappa shape index (κ2) is 7.92. The number of nitrogens with two attached hydrogens (primary N) is 4. The SMILES string of the molecule is Cc1cc(N)ccc1-c1ccc(N)cc1C.Nc1cccc2c(N)cccc12. The summed E-state index contributed by atoms with van der Waals surface area (Å²) in [6.07, 6.45) is 0. The first kappa shape index (κ1) is 19.1. The number of fused-ring (bicyclic) bond motifs is 1. The van der Waals surface area contributed by atoms with Gasteiger partial charge in [-0.15, -0.1) is 0 Å². The highest BCUT2D eigenvalue weighted by Crippen LogP contribution is 2.29. The van der Waals surface area contributed by atoms with E-state index in [-0.39, 0.29) is 0 Å². The van der Waals surface area contributed by atoms with Gasteiger partial charge >= 0.3 is 0 Å². The van der Waals surface area contributed by atoms with E-state index in [1.807, 2.05) is 60.7 Å². The van der Waals surface area contributed by atoms with Crippen molar-refractivity contribution in [1.29, 1.82) is 0 Å². The Hall–Kier alpha value is -3.66. The molecule has 4 heteroatoms. The summed E-state index contributed by atoms with van der Waals surface area (Å²) in [5, 5.41) is 2.05. The van der Waals surface area contributed by atoms with E-state index in [2.05, 4.69) is 26.0 Å². The van der Waals surface area contributed by atoms with Gasteiger partial charge in [-0.3, -0.25) is 0 Å². The molecule has 4 aromatic carbocycles. The van der Waals surface area contributed by atoms with E-state index < -0.39 is 0 Å². The quantitative estimate of drug-likeness (QED) is 0.348. The van der Waals surface area contributed by atoms with E-state index in [0.29, 0.717) is 0 Å². The lowest BCUT2D eigenvalue weighted by Crippen LogP contribution is -1.92. The molecule has 0 spiro atoms. The van der Waals surface area contributed by atoms with Crippen LogP contribution in [0.3, 0.4) is 0 Å². The van der Waals surface area contributed by atoms with Crippen molar-refractivity contribution in [3.63, 3.8) is 0 Å². The summed E-state index contributed by atoms with van der Waals surface area (Å²) in [5.74, 6) is 0. The Kier molecular flexibility index (Phi) is 5.41. The average molecular weight is 371 g/mol. The van der Waals surface area contributed by atoms with Gasteiger partial charge in [0.25, 0.3) is 0 Å². The summed E-state index contributed by atoms with van der Waals surface area (Å²) in [7, 11) is 0. The molecule has 0 aliphatic rings. The summed E-state index contributed by atoms with van der Waals surface area (Å²) in [6.45, 7) is 4.14. The fourth-order valence-electron chi connectivity index (χ4n) is 3.34. The van der Waals surface area contributed by atoms with Gasteiger partial charge in [0.1, 0.15) is 0 Å². The van der Waals surface area contributed by atoms with Crippen LogP contribution >= 0.6 is 0 Å². The van der Waals surface area contributed by atoms with Crippen molar-refractivity contribution in [2.75, 3.05) is 22.9 Å². The van der Waals surface area contributed by atoms with E-state index in [4.69, 9.17) is 22.9 Å². The minimum atomic E-state index is 0.778. The van der Waals surface area contributed by atoms with Crippen molar-refractivity contribution in [3.05, 3.63) is 83.9 Å². The fourth-order valence-corrected chi connectivity index (χ4v) is 3.34. The zero-order valence-corrected chi connectivity index (χ0v) is 16.2. The Bertz CT molecular complexity index is 1040. The van der Waals surface area contributed by atoms with Gasteiger partial charge < -0.3 is 22.9 Å². The lowest BCUT2D eigenvalue weighted by molar-refractivity contribution is 1.41. The smallest absolute Gasteiger partial charge is 0.0394 e. The molecule has 0 heterocycles. The van der Waals surface area contributed by atoms with Crippen LogP contribution in [-0.2, 0) is 0 Å². The zero-order valence-electron chi connectivity index (χ0n) is 16.2. The third-order valence-electron chi connectivity index (χ3n) is 4.78. The predicted octanol–water partition coefficient (Wildman–Crippen LogP) is 5.14. The molecule has 4 nitrogen and oxygen atoms in total. The highest BCUT2D eigenvalue weighted by molar-refractivity contribution is 5.99. The van der Waals surface area contributed by atoms with E-state index in [1.165, 1.54) is 22.3 Å². The number of hydrogen-bond donors (Lipinski definition) is 4. The van der Waals surface area contributed by atoms with E-state index >= 15 is 0 Å². The summed E-state index contributed by atoms with van der Waals surface area (Å²) >= 11 is 0. The van der Waals surface area contributed by atoms with Gasteiger partial charge in [0.15, 0.2) is 0 Å². The van der Waals surface area contributed by atoms with E-state index in [0.717, 1.165) is 33.5 Å². The first-order chi connectivity index (χ1) is 13.4. The standard InChI is InChI=1S/C14H16N2.C10H10N2/c1-9-7-11(15)3-5-13(9)14-6-4-12(16)8-10(14)2;11-9-5-1-3-7-8(9)4-2-6-10(7)12/h3-8H,15-16H2,1-2H3;1-6H,11-12H2. The molecule has 0 saturated heterocycles. The van der Waals surface area contributed by atoms with Crippen LogP contribution in [0.4, 0.5) is 22.7 Å². The molecular formula is C24H26N4. The summed E-state index contributed by atoms with van der Waals surface area (Å²) < 4.78 is 0. The monoisotopic (exact) mass is 370 g/mol. The second-order valence-electron chi connectivity index (χ2n) is 6.94. The van der Waals surface area contributed by atoms with Crippen LogP contribution in [0.2, 0.25) is 0 Å². The van der Waals surface area contributed by atoms with Crippen molar-refractivity contribution in [2.24, 2.45) is 0 Å². The first-order valence-electron chi connectivity index (χ1n) is 9.12. The summed E-state index contributed by atoms with van der Waals surface area (Å²) in [4.78, 5) is 0. The maximum absolute atomic E-state index is 5.77. The van der Waals surface area contributed by atoms with Crippen molar-refractivity contribution < 1.29 is 0 Å². The van der Waals surface area contributed by atoms with Crippen molar-refractivity contribution in [3.8, 4) is 11.1 Å². The van der Waals surface area contributed by atoms with E-state index in [9.17, 15) is 0 Å². The minimum absolute atomic E-state index is 0.778. The highest BCUT2D eigenvalue weighted by Gasteiger charge is 2.05. The minimum Gasteiger partial charge on any atom is -0.399 e. The molecule has 0 aliphatic carbocycles. The molecule has 0 atom stereocenters. The Morgan fingerprint density at radius 1 is 0.500 bits per heavy atom. The third kappa shape index (κ3) is 4.01. The number of nitrogen functional groups attached to an aromatic ring is 4. The van der Waals surface area contributed by atoms with Crippen molar-refractivity contribution in [1.82, 2.24) is 0 Å². The van der Waals surface area contributed by atoms with Gasteiger partial charge in [0.2, 0.25) is 0 Å². The maximum atomic E-state index is 5.77. The predicted molar refractivity (Wildman–Crippen MR) is 123 cm³/mol. The number of anilines is 4. The first-order valence-corrected chi connectivity index (χ1v) is 9.12. The van der Waals surface area contributed by atoms with Crippen LogP contribution in [0.5, 0.6) is 0 Å². The van der Waals surface area contributed by atoms with Crippen molar-refractivity contribution in [2.45, 2.75) is 13.8 Å². The molecule has 8 N–H and O–H groups in total.